The molecule has 0 aromatic heterocycles. The first-order valence-electron chi connectivity index (χ1n) is 5.85. The maximum Gasteiger partial charge on any atom is 0.0716 e. The van der Waals surface area contributed by atoms with Crippen molar-refractivity contribution in [2.45, 2.75) is 31.1 Å². The molecule has 2 nitrogen and oxygen atoms in total. The lowest BCUT2D eigenvalue weighted by Gasteiger charge is -2.08. The zero-order chi connectivity index (χ0) is 11.2. The van der Waals surface area contributed by atoms with Crippen LogP contribution in [0.2, 0.25) is 0 Å². The molecule has 1 fully saturated rings. The second-order valence-corrected chi connectivity index (χ2v) is 6.01. The molecule has 1 aromatic carbocycles. The van der Waals surface area contributed by atoms with Gasteiger partial charge in [-0.15, -0.1) is 0 Å². The molecule has 2 unspecified atom stereocenters. The van der Waals surface area contributed by atoms with Gasteiger partial charge in [0.25, 0.3) is 0 Å². The first-order valence-corrected chi connectivity index (χ1v) is 7.23. The van der Waals surface area contributed by atoms with Gasteiger partial charge in [0, 0.05) is 28.4 Å². The maximum atomic E-state index is 11.5. The molecule has 0 amide bonds. The highest BCUT2D eigenvalue weighted by atomic mass is 32.2. The van der Waals surface area contributed by atoms with Gasteiger partial charge in [-0.05, 0) is 24.8 Å². The van der Waals surface area contributed by atoms with Gasteiger partial charge in [-0.25, -0.2) is 0 Å². The van der Waals surface area contributed by atoms with Gasteiger partial charge in [-0.1, -0.05) is 30.3 Å². The fraction of sp³-hybridized carbons (Fsp3) is 0.538. The Kier molecular flexibility index (Phi) is 4.55. The number of hydrogen-bond acceptors (Lipinski definition) is 2. The monoisotopic (exact) mass is 238 g/mol. The Bertz CT molecular complexity index is 337. The fourth-order valence-electron chi connectivity index (χ4n) is 2.01. The van der Waals surface area contributed by atoms with Gasteiger partial charge in [0.1, 0.15) is 0 Å². The average molecular weight is 238 g/mol. The van der Waals surface area contributed by atoms with Crippen LogP contribution in [0.4, 0.5) is 0 Å². The summed E-state index contributed by atoms with van der Waals surface area (Å²) < 4.78 is 17.1. The largest absolute Gasteiger partial charge is 0.377 e. The summed E-state index contributed by atoms with van der Waals surface area (Å²) in [6.07, 6.45) is 3.18. The molecule has 0 saturated carbocycles. The van der Waals surface area contributed by atoms with Crippen LogP contribution in [0, 0.1) is 0 Å². The van der Waals surface area contributed by atoms with Gasteiger partial charge < -0.3 is 4.74 Å². The summed E-state index contributed by atoms with van der Waals surface area (Å²) in [5.41, 5.74) is 1.20. The molecular weight excluding hydrogens is 220 g/mol. The molecule has 0 radical (unpaired) electrons. The van der Waals surface area contributed by atoms with Crippen molar-refractivity contribution in [1.29, 1.82) is 0 Å². The summed E-state index contributed by atoms with van der Waals surface area (Å²) in [5.74, 6) is 0.892. The molecule has 88 valence electrons. The van der Waals surface area contributed by atoms with Crippen molar-refractivity contribution >= 4 is 10.8 Å². The van der Waals surface area contributed by atoms with Gasteiger partial charge in [-0.2, -0.15) is 0 Å². The van der Waals surface area contributed by atoms with Crippen molar-refractivity contribution in [3.8, 4) is 0 Å². The lowest BCUT2D eigenvalue weighted by atomic mass is 10.2. The molecule has 0 bridgehead atoms. The summed E-state index contributed by atoms with van der Waals surface area (Å²) in [6, 6.07) is 10.2. The van der Waals surface area contributed by atoms with Crippen molar-refractivity contribution in [2.24, 2.45) is 0 Å². The van der Waals surface area contributed by atoms with E-state index in [1.54, 1.807) is 0 Å². The standard InChI is InChI=1S/C13H18O2S/c14-16-10-4-7-13(16)8-9-15-11-12-5-2-1-3-6-12/h1-3,5-6,13H,4,7-11H2. The minimum atomic E-state index is -0.589. The van der Waals surface area contributed by atoms with E-state index >= 15 is 0 Å². The molecular formula is C13H18O2S. The van der Waals surface area contributed by atoms with Crippen molar-refractivity contribution < 1.29 is 8.95 Å². The average Bonchev–Trinajstić information content (AvgIpc) is 2.72. The first kappa shape index (κ1) is 11.8. The molecule has 0 spiro atoms. The van der Waals surface area contributed by atoms with E-state index < -0.39 is 10.8 Å². The van der Waals surface area contributed by atoms with E-state index in [1.807, 2.05) is 18.2 Å². The topological polar surface area (TPSA) is 26.3 Å². The SMILES string of the molecule is O=S1CCCC1CCOCc1ccccc1. The Hall–Kier alpha value is -0.670. The second-order valence-electron chi connectivity index (χ2n) is 4.18. The summed E-state index contributed by atoms with van der Waals surface area (Å²) >= 11 is 0. The van der Waals surface area contributed by atoms with E-state index in [0.717, 1.165) is 31.6 Å². The van der Waals surface area contributed by atoms with Crippen LogP contribution in [0.15, 0.2) is 30.3 Å². The smallest absolute Gasteiger partial charge is 0.0716 e. The molecule has 1 aliphatic rings. The molecule has 2 atom stereocenters. The number of benzene rings is 1. The number of rotatable bonds is 5. The number of hydrogen-bond donors (Lipinski definition) is 0. The zero-order valence-corrected chi connectivity index (χ0v) is 10.2. The predicted octanol–water partition coefficient (Wildman–Crippen LogP) is 2.50. The first-order chi connectivity index (χ1) is 7.86. The summed E-state index contributed by atoms with van der Waals surface area (Å²) in [4.78, 5) is 0. The van der Waals surface area contributed by atoms with Gasteiger partial charge >= 0.3 is 0 Å². The minimum Gasteiger partial charge on any atom is -0.377 e. The van der Waals surface area contributed by atoms with Crippen LogP contribution < -0.4 is 0 Å². The maximum absolute atomic E-state index is 11.5. The van der Waals surface area contributed by atoms with E-state index in [2.05, 4.69) is 12.1 Å². The molecule has 0 N–H and O–H groups in total. The van der Waals surface area contributed by atoms with Crippen LogP contribution >= 0.6 is 0 Å². The van der Waals surface area contributed by atoms with Crippen molar-refractivity contribution in [2.75, 3.05) is 12.4 Å². The van der Waals surface area contributed by atoms with E-state index in [9.17, 15) is 4.21 Å². The van der Waals surface area contributed by atoms with Crippen molar-refractivity contribution in [1.82, 2.24) is 0 Å². The van der Waals surface area contributed by atoms with Gasteiger partial charge in [-0.3, -0.25) is 4.21 Å². The third kappa shape index (κ3) is 3.42. The van der Waals surface area contributed by atoms with Crippen molar-refractivity contribution in [3.63, 3.8) is 0 Å². The second kappa shape index (κ2) is 6.16. The minimum absolute atomic E-state index is 0.385. The molecule has 0 aliphatic carbocycles. The molecule has 2 rings (SSSR count). The molecule has 16 heavy (non-hydrogen) atoms. The van der Waals surface area contributed by atoms with Crippen LogP contribution in [0.25, 0.3) is 0 Å². The highest BCUT2D eigenvalue weighted by Gasteiger charge is 2.22. The van der Waals surface area contributed by atoms with E-state index in [0.29, 0.717) is 11.9 Å². The highest BCUT2D eigenvalue weighted by molar-refractivity contribution is 7.85. The van der Waals surface area contributed by atoms with Crippen LogP contribution in [0.3, 0.4) is 0 Å². The zero-order valence-electron chi connectivity index (χ0n) is 9.43. The van der Waals surface area contributed by atoms with Crippen LogP contribution in [-0.4, -0.2) is 21.8 Å². The Morgan fingerprint density at radius 3 is 2.81 bits per heavy atom. The van der Waals surface area contributed by atoms with E-state index in [1.165, 1.54) is 5.56 Å². The Labute approximate surface area is 99.5 Å². The molecule has 3 heteroatoms. The van der Waals surface area contributed by atoms with Gasteiger partial charge in [0.2, 0.25) is 0 Å². The van der Waals surface area contributed by atoms with Crippen LogP contribution in [0.1, 0.15) is 24.8 Å². The highest BCUT2D eigenvalue weighted by Crippen LogP contribution is 2.19. The van der Waals surface area contributed by atoms with E-state index in [4.69, 9.17) is 4.74 Å². The Morgan fingerprint density at radius 2 is 2.12 bits per heavy atom. The van der Waals surface area contributed by atoms with Crippen molar-refractivity contribution in [3.05, 3.63) is 35.9 Å². The van der Waals surface area contributed by atoms with Gasteiger partial charge in [0.05, 0.1) is 6.61 Å². The summed E-state index contributed by atoms with van der Waals surface area (Å²) in [6.45, 7) is 1.39. The molecule has 1 heterocycles. The Balaban J connectivity index is 1.64. The summed E-state index contributed by atoms with van der Waals surface area (Å²) in [7, 11) is -0.589. The normalized spacial score (nSPS) is 24.8. The third-order valence-electron chi connectivity index (χ3n) is 2.94. The van der Waals surface area contributed by atoms with Gasteiger partial charge in [0.15, 0.2) is 0 Å². The molecule has 1 aliphatic heterocycles. The van der Waals surface area contributed by atoms with Crippen LogP contribution in [0.5, 0.6) is 0 Å². The van der Waals surface area contributed by atoms with E-state index in [-0.39, 0.29) is 0 Å². The Morgan fingerprint density at radius 1 is 1.31 bits per heavy atom. The lowest BCUT2D eigenvalue weighted by molar-refractivity contribution is 0.118. The fourth-order valence-corrected chi connectivity index (χ4v) is 3.58. The third-order valence-corrected chi connectivity index (χ3v) is 4.85. The van der Waals surface area contributed by atoms with Crippen LogP contribution in [-0.2, 0) is 22.1 Å². The molecule has 1 aromatic rings. The molecule has 1 saturated heterocycles. The quantitative estimate of drug-likeness (QED) is 0.737. The number of ether oxygens (including phenoxy) is 1. The predicted molar refractivity (Wildman–Crippen MR) is 66.7 cm³/mol. The lowest BCUT2D eigenvalue weighted by Crippen LogP contribution is -2.12. The summed E-state index contributed by atoms with van der Waals surface area (Å²) in [5, 5.41) is 0.385.